The molecular weight excluding hydrogens is 532 g/mol. The molecule has 1 atom stereocenters. The first kappa shape index (κ1) is 27.0. The number of benzene rings is 2. The molecule has 35 heavy (non-hydrogen) atoms. The Morgan fingerprint density at radius 1 is 1.20 bits per heavy atom. The molecule has 3 aromatic rings. The first-order valence-electron chi connectivity index (χ1n) is 9.91. The summed E-state index contributed by atoms with van der Waals surface area (Å²) in [7, 11) is -4.01. The van der Waals surface area contributed by atoms with Crippen LogP contribution in [0.1, 0.15) is 33.9 Å². The minimum atomic E-state index is -4.66. The summed E-state index contributed by atoms with van der Waals surface area (Å²) >= 11 is 6.37. The van der Waals surface area contributed by atoms with Crippen LogP contribution in [0, 0.1) is 5.82 Å². The molecule has 1 heterocycles. The predicted molar refractivity (Wildman–Crippen MR) is 124 cm³/mol. The monoisotopic (exact) mass is 550 g/mol. The lowest BCUT2D eigenvalue weighted by Crippen LogP contribution is -2.30. The predicted octanol–water partition coefficient (Wildman–Crippen LogP) is 4.33. The Kier molecular flexibility index (Phi) is 8.17. The molecule has 3 rings (SSSR count). The number of amides is 1. The van der Waals surface area contributed by atoms with Crippen LogP contribution in [0.15, 0.2) is 42.5 Å². The van der Waals surface area contributed by atoms with Gasteiger partial charge in [-0.05, 0) is 30.7 Å². The smallest absolute Gasteiger partial charge is 0.351 e. The van der Waals surface area contributed by atoms with E-state index in [2.05, 4.69) is 10.3 Å². The number of carbonyl (C=O) groups is 1. The lowest BCUT2D eigenvalue weighted by atomic mass is 9.98. The topological polar surface area (TPSA) is 114 Å². The number of alkyl halides is 3. The maximum atomic E-state index is 14.4. The normalized spacial score (nSPS) is 13.0. The van der Waals surface area contributed by atoms with Gasteiger partial charge in [0.05, 0.1) is 23.0 Å². The van der Waals surface area contributed by atoms with Crippen LogP contribution in [-0.2, 0) is 34.3 Å². The van der Waals surface area contributed by atoms with E-state index in [-0.39, 0.29) is 34.8 Å². The fourth-order valence-corrected chi connectivity index (χ4v) is 4.52. The van der Waals surface area contributed by atoms with Gasteiger partial charge in [0.1, 0.15) is 5.82 Å². The fourth-order valence-electron chi connectivity index (χ4n) is 3.08. The molecule has 7 nitrogen and oxygen atoms in total. The van der Waals surface area contributed by atoms with Crippen LogP contribution >= 0.6 is 22.9 Å². The minimum absolute atomic E-state index is 0.0193. The number of hydrogen-bond acceptors (Lipinski definition) is 5. The molecule has 0 aliphatic heterocycles. The number of nitrogens with zero attached hydrogens (tertiary/aromatic N) is 1. The number of hydrogen-bond donors (Lipinski definition) is 3. The van der Waals surface area contributed by atoms with Gasteiger partial charge in [0.2, 0.25) is 5.91 Å². The third-order valence-corrected chi connectivity index (χ3v) is 6.78. The Bertz CT molecular complexity index is 1350. The van der Waals surface area contributed by atoms with E-state index in [1.54, 1.807) is 18.2 Å². The van der Waals surface area contributed by atoms with E-state index in [4.69, 9.17) is 16.7 Å². The van der Waals surface area contributed by atoms with E-state index < -0.39 is 39.0 Å². The summed E-state index contributed by atoms with van der Waals surface area (Å²) in [5, 5.41) is 6.65. The van der Waals surface area contributed by atoms with Gasteiger partial charge in [-0.25, -0.2) is 14.5 Å². The Morgan fingerprint density at radius 2 is 1.91 bits per heavy atom. The summed E-state index contributed by atoms with van der Waals surface area (Å²) in [5.41, 5.74) is 0.725. The number of carbonyl (C=O) groups excluding carboxylic acids is 1. The van der Waals surface area contributed by atoms with Gasteiger partial charge in [0.25, 0.3) is 10.2 Å². The Hall–Kier alpha value is -2.58. The quantitative estimate of drug-likeness (QED) is 0.362. The van der Waals surface area contributed by atoms with Crippen molar-refractivity contribution in [2.75, 3.05) is 0 Å². The number of aromatic nitrogens is 1. The molecule has 0 radical (unpaired) electrons. The Labute approximate surface area is 207 Å². The summed E-state index contributed by atoms with van der Waals surface area (Å²) in [6, 6.07) is 10.0. The van der Waals surface area contributed by atoms with Crippen LogP contribution in [0.25, 0.3) is 11.3 Å². The van der Waals surface area contributed by atoms with E-state index >= 15 is 0 Å². The van der Waals surface area contributed by atoms with Gasteiger partial charge in [-0.3, -0.25) is 4.79 Å². The van der Waals surface area contributed by atoms with Crippen molar-refractivity contribution in [2.24, 2.45) is 5.14 Å². The first-order chi connectivity index (χ1) is 16.2. The SMILES string of the molecule is CC(C(=O)NCc1sc(C(F)(F)F)nc1-c1cccc(Cl)c1)c1ccc(CNS(N)(=O)=O)c(F)c1. The van der Waals surface area contributed by atoms with Crippen molar-refractivity contribution in [1.82, 2.24) is 15.0 Å². The van der Waals surface area contributed by atoms with Crippen LogP contribution in [0.4, 0.5) is 17.6 Å². The summed E-state index contributed by atoms with van der Waals surface area (Å²) in [6.45, 7) is 0.889. The van der Waals surface area contributed by atoms with Gasteiger partial charge >= 0.3 is 6.18 Å². The molecule has 1 aromatic heterocycles. The highest BCUT2D eigenvalue weighted by Crippen LogP contribution is 2.38. The third kappa shape index (κ3) is 7.21. The average Bonchev–Trinajstić information content (AvgIpc) is 3.20. The zero-order valence-electron chi connectivity index (χ0n) is 18.0. The molecule has 14 heteroatoms. The summed E-state index contributed by atoms with van der Waals surface area (Å²) < 4.78 is 78.1. The van der Waals surface area contributed by atoms with Crippen LogP contribution in [-0.4, -0.2) is 19.3 Å². The summed E-state index contributed by atoms with van der Waals surface area (Å²) in [4.78, 5) is 16.6. The zero-order valence-corrected chi connectivity index (χ0v) is 20.4. The molecule has 0 saturated carbocycles. The fraction of sp³-hybridized carbons (Fsp3) is 0.238. The Morgan fingerprint density at radius 3 is 2.51 bits per heavy atom. The maximum Gasteiger partial charge on any atom is 0.443 e. The highest BCUT2D eigenvalue weighted by molar-refractivity contribution is 7.87. The summed E-state index contributed by atoms with van der Waals surface area (Å²) in [6.07, 6.45) is -4.66. The number of halogens is 5. The molecular formula is C21H19ClF4N4O3S2. The van der Waals surface area contributed by atoms with Crippen molar-refractivity contribution in [3.05, 3.63) is 74.3 Å². The molecule has 1 unspecified atom stereocenters. The first-order valence-corrected chi connectivity index (χ1v) is 12.6. The lowest BCUT2D eigenvalue weighted by molar-refractivity contribution is -0.137. The van der Waals surface area contributed by atoms with Gasteiger partial charge < -0.3 is 5.32 Å². The molecule has 0 spiro atoms. The van der Waals surface area contributed by atoms with E-state index in [1.165, 1.54) is 25.1 Å². The van der Waals surface area contributed by atoms with Gasteiger partial charge in [0.15, 0.2) is 5.01 Å². The van der Waals surface area contributed by atoms with Crippen molar-refractivity contribution < 1.29 is 30.8 Å². The molecule has 188 valence electrons. The largest absolute Gasteiger partial charge is 0.443 e. The molecule has 2 aromatic carbocycles. The van der Waals surface area contributed by atoms with Crippen molar-refractivity contribution in [3.8, 4) is 11.3 Å². The van der Waals surface area contributed by atoms with Crippen molar-refractivity contribution in [3.63, 3.8) is 0 Å². The van der Waals surface area contributed by atoms with E-state index in [0.29, 0.717) is 21.9 Å². The highest BCUT2D eigenvalue weighted by Gasteiger charge is 2.36. The van der Waals surface area contributed by atoms with E-state index in [0.717, 1.165) is 6.07 Å². The van der Waals surface area contributed by atoms with Gasteiger partial charge in [0, 0.05) is 22.7 Å². The second-order valence-electron chi connectivity index (χ2n) is 7.46. The molecule has 0 bridgehead atoms. The van der Waals surface area contributed by atoms with Gasteiger partial charge in [-0.15, -0.1) is 11.3 Å². The van der Waals surface area contributed by atoms with Crippen LogP contribution in [0.2, 0.25) is 5.02 Å². The lowest BCUT2D eigenvalue weighted by Gasteiger charge is -2.14. The Balaban J connectivity index is 1.76. The standard InChI is InChI=1S/C21H19ClF4N4O3S2/c1-11(12-5-6-14(16(23)8-12)9-29-35(27,32)33)19(31)28-10-17-18(13-3-2-4-15(22)7-13)30-20(34-17)21(24,25)26/h2-8,11,29H,9-10H2,1H3,(H,28,31)(H2,27,32,33). The summed E-state index contributed by atoms with van der Waals surface area (Å²) in [5.74, 6) is -2.16. The third-order valence-electron chi connectivity index (χ3n) is 4.90. The van der Waals surface area contributed by atoms with Crippen LogP contribution in [0.3, 0.4) is 0 Å². The second kappa shape index (κ2) is 10.6. The number of nitrogens with two attached hydrogens (primary N) is 1. The highest BCUT2D eigenvalue weighted by atomic mass is 35.5. The number of thiazole rings is 1. The van der Waals surface area contributed by atoms with E-state index in [1.807, 2.05) is 4.72 Å². The maximum absolute atomic E-state index is 14.4. The number of nitrogens with one attached hydrogen (secondary N) is 2. The average molecular weight is 551 g/mol. The number of rotatable bonds is 8. The molecule has 0 fully saturated rings. The molecule has 0 aliphatic rings. The zero-order chi connectivity index (χ0) is 26.0. The molecule has 0 aliphatic carbocycles. The van der Waals surface area contributed by atoms with Crippen LogP contribution < -0.4 is 15.2 Å². The van der Waals surface area contributed by atoms with E-state index in [9.17, 15) is 30.8 Å². The molecule has 1 amide bonds. The van der Waals surface area contributed by atoms with Crippen molar-refractivity contribution >= 4 is 39.1 Å². The van der Waals surface area contributed by atoms with Crippen LogP contribution in [0.5, 0.6) is 0 Å². The van der Waals surface area contributed by atoms with Gasteiger partial charge in [-0.1, -0.05) is 35.9 Å². The van der Waals surface area contributed by atoms with Crippen molar-refractivity contribution in [1.29, 1.82) is 0 Å². The molecule has 0 saturated heterocycles. The minimum Gasteiger partial charge on any atom is -0.351 e. The molecule has 4 N–H and O–H groups in total. The second-order valence-corrected chi connectivity index (χ2v) is 10.4. The van der Waals surface area contributed by atoms with Crippen molar-refractivity contribution in [2.45, 2.75) is 32.1 Å². The van der Waals surface area contributed by atoms with Gasteiger partial charge in [-0.2, -0.15) is 26.3 Å².